The summed E-state index contributed by atoms with van der Waals surface area (Å²) in [5.74, 6) is 5.64. The van der Waals surface area contributed by atoms with Crippen LogP contribution in [0, 0.1) is 25.7 Å². The number of rotatable bonds is 3. The molecule has 3 heteroatoms. The molecule has 0 fully saturated rings. The van der Waals surface area contributed by atoms with Crippen LogP contribution in [0.1, 0.15) is 16.7 Å². The topological polar surface area (TPSA) is 52.5 Å². The molecule has 1 aromatic carbocycles. The Balaban J connectivity index is 2.80. The molecular weight excluding hydrogens is 214 g/mol. The van der Waals surface area contributed by atoms with E-state index in [4.69, 9.17) is 5.11 Å². The van der Waals surface area contributed by atoms with Gasteiger partial charge in [-0.25, -0.2) is 0 Å². The summed E-state index contributed by atoms with van der Waals surface area (Å²) >= 11 is 0. The Morgan fingerprint density at radius 1 is 1.29 bits per heavy atom. The fourth-order valence-corrected chi connectivity index (χ4v) is 1.43. The molecule has 0 saturated heterocycles. The van der Waals surface area contributed by atoms with Gasteiger partial charge in [-0.2, -0.15) is 0 Å². The Hall–Kier alpha value is -1.34. The van der Waals surface area contributed by atoms with Crippen molar-refractivity contribution >= 4 is 0 Å². The molecule has 2 unspecified atom stereocenters. The zero-order chi connectivity index (χ0) is 12.8. The van der Waals surface area contributed by atoms with Crippen LogP contribution in [0.4, 0.5) is 0 Å². The highest BCUT2D eigenvalue weighted by Crippen LogP contribution is 2.08. The molecule has 0 aliphatic carbocycles. The first-order valence-electron chi connectivity index (χ1n) is 5.63. The van der Waals surface area contributed by atoms with Gasteiger partial charge in [0.15, 0.2) is 0 Å². The molecule has 0 aliphatic heterocycles. The Kier molecular flexibility index (Phi) is 5.17. The second-order valence-corrected chi connectivity index (χ2v) is 4.09. The number of benzene rings is 1. The largest absolute Gasteiger partial charge is 0.395 e. The maximum absolute atomic E-state index is 9.70. The molecule has 2 atom stereocenters. The Labute approximate surface area is 102 Å². The summed E-state index contributed by atoms with van der Waals surface area (Å²) in [4.78, 5) is 0. The van der Waals surface area contributed by atoms with Gasteiger partial charge in [-0.05, 0) is 44.2 Å². The number of hydrogen-bond donors (Lipinski definition) is 3. The third-order valence-electron chi connectivity index (χ3n) is 2.82. The molecule has 1 rings (SSSR count). The van der Waals surface area contributed by atoms with Crippen molar-refractivity contribution in [3.63, 3.8) is 0 Å². The molecule has 92 valence electrons. The molecule has 3 N–H and O–H groups in total. The highest BCUT2D eigenvalue weighted by molar-refractivity contribution is 5.40. The Bertz CT molecular complexity index is 428. The van der Waals surface area contributed by atoms with Crippen LogP contribution in [0.3, 0.4) is 0 Å². The number of hydrogen-bond acceptors (Lipinski definition) is 3. The predicted molar refractivity (Wildman–Crippen MR) is 68.7 cm³/mol. The van der Waals surface area contributed by atoms with E-state index in [-0.39, 0.29) is 6.61 Å². The van der Waals surface area contributed by atoms with Gasteiger partial charge >= 0.3 is 0 Å². The van der Waals surface area contributed by atoms with Crippen molar-refractivity contribution in [2.24, 2.45) is 0 Å². The lowest BCUT2D eigenvalue weighted by atomic mass is 10.1. The highest BCUT2D eigenvalue weighted by atomic mass is 16.3. The first-order chi connectivity index (χ1) is 8.08. The second kappa shape index (κ2) is 6.41. The van der Waals surface area contributed by atoms with Crippen molar-refractivity contribution in [1.82, 2.24) is 5.32 Å². The van der Waals surface area contributed by atoms with Crippen LogP contribution in [-0.2, 0) is 0 Å². The molecule has 3 nitrogen and oxygen atoms in total. The van der Waals surface area contributed by atoms with E-state index in [1.807, 2.05) is 32.0 Å². The van der Waals surface area contributed by atoms with Gasteiger partial charge in [0.1, 0.15) is 6.10 Å². The Morgan fingerprint density at radius 3 is 2.53 bits per heavy atom. The third-order valence-corrected chi connectivity index (χ3v) is 2.82. The van der Waals surface area contributed by atoms with Crippen LogP contribution in [0.25, 0.3) is 0 Å². The average molecular weight is 233 g/mol. The third kappa shape index (κ3) is 3.86. The Morgan fingerprint density at radius 2 is 2.00 bits per heavy atom. The van der Waals surface area contributed by atoms with Crippen molar-refractivity contribution < 1.29 is 10.2 Å². The lowest BCUT2D eigenvalue weighted by Crippen LogP contribution is -2.39. The smallest absolute Gasteiger partial charge is 0.132 e. The van der Waals surface area contributed by atoms with Gasteiger partial charge in [0.25, 0.3) is 0 Å². The van der Waals surface area contributed by atoms with Gasteiger partial charge in [0.05, 0.1) is 12.6 Å². The predicted octanol–water partition coefficient (Wildman–Crippen LogP) is 0.596. The number of aliphatic hydroxyl groups is 2. The van der Waals surface area contributed by atoms with Gasteiger partial charge in [-0.3, -0.25) is 0 Å². The van der Waals surface area contributed by atoms with Crippen molar-refractivity contribution in [3.05, 3.63) is 34.9 Å². The maximum atomic E-state index is 9.70. The standard InChI is InChI=1S/C14H19NO2/c1-10-4-5-12(8-11(10)2)6-7-14(17)13(9-16)15-3/h4-5,8,13-17H,9H2,1-3H3. The van der Waals surface area contributed by atoms with Gasteiger partial charge < -0.3 is 15.5 Å². The van der Waals surface area contributed by atoms with E-state index in [0.29, 0.717) is 0 Å². The SMILES string of the molecule is CNC(CO)C(O)C#Cc1ccc(C)c(C)c1. The fraction of sp³-hybridized carbons (Fsp3) is 0.429. The molecular formula is C14H19NO2. The summed E-state index contributed by atoms with van der Waals surface area (Å²) in [5.41, 5.74) is 3.28. The fourth-order valence-electron chi connectivity index (χ4n) is 1.43. The van der Waals surface area contributed by atoms with E-state index in [9.17, 15) is 5.11 Å². The first kappa shape index (κ1) is 13.7. The summed E-state index contributed by atoms with van der Waals surface area (Å²) in [7, 11) is 1.68. The quantitative estimate of drug-likeness (QED) is 0.670. The second-order valence-electron chi connectivity index (χ2n) is 4.09. The van der Waals surface area contributed by atoms with Crippen LogP contribution in [0.5, 0.6) is 0 Å². The minimum Gasteiger partial charge on any atom is -0.395 e. The molecule has 0 heterocycles. The van der Waals surface area contributed by atoms with E-state index < -0.39 is 12.1 Å². The maximum Gasteiger partial charge on any atom is 0.132 e. The van der Waals surface area contributed by atoms with Gasteiger partial charge in [-0.1, -0.05) is 17.9 Å². The lowest BCUT2D eigenvalue weighted by molar-refractivity contribution is 0.134. The zero-order valence-electron chi connectivity index (χ0n) is 10.5. The number of aryl methyl sites for hydroxylation is 2. The zero-order valence-corrected chi connectivity index (χ0v) is 10.5. The van der Waals surface area contributed by atoms with E-state index >= 15 is 0 Å². The minimum atomic E-state index is -0.869. The lowest BCUT2D eigenvalue weighted by Gasteiger charge is -2.14. The van der Waals surface area contributed by atoms with Gasteiger partial charge in [-0.15, -0.1) is 0 Å². The molecule has 0 saturated carbocycles. The van der Waals surface area contributed by atoms with E-state index in [1.54, 1.807) is 7.05 Å². The molecule has 17 heavy (non-hydrogen) atoms. The van der Waals surface area contributed by atoms with E-state index in [0.717, 1.165) is 5.56 Å². The molecule has 0 aliphatic rings. The number of aliphatic hydroxyl groups excluding tert-OH is 2. The normalized spacial score (nSPS) is 13.7. The van der Waals surface area contributed by atoms with Crippen LogP contribution in [0.2, 0.25) is 0 Å². The minimum absolute atomic E-state index is 0.140. The number of nitrogens with one attached hydrogen (secondary N) is 1. The van der Waals surface area contributed by atoms with Crippen LogP contribution < -0.4 is 5.32 Å². The highest BCUT2D eigenvalue weighted by Gasteiger charge is 2.12. The summed E-state index contributed by atoms with van der Waals surface area (Å²) < 4.78 is 0. The number of likely N-dealkylation sites (N-methyl/N-ethyl adjacent to an activating group) is 1. The van der Waals surface area contributed by atoms with Crippen molar-refractivity contribution in [3.8, 4) is 11.8 Å². The van der Waals surface area contributed by atoms with Crippen LogP contribution >= 0.6 is 0 Å². The van der Waals surface area contributed by atoms with Crippen LogP contribution in [0.15, 0.2) is 18.2 Å². The van der Waals surface area contributed by atoms with Crippen LogP contribution in [-0.4, -0.2) is 36.0 Å². The monoisotopic (exact) mass is 233 g/mol. The summed E-state index contributed by atoms with van der Waals surface area (Å²) in [6.45, 7) is 3.94. The molecule has 0 radical (unpaired) electrons. The molecule has 1 aromatic rings. The average Bonchev–Trinajstić information content (AvgIpc) is 2.32. The molecule has 0 amide bonds. The van der Waals surface area contributed by atoms with Crippen molar-refractivity contribution in [2.45, 2.75) is 26.0 Å². The molecule has 0 bridgehead atoms. The van der Waals surface area contributed by atoms with Crippen molar-refractivity contribution in [2.75, 3.05) is 13.7 Å². The van der Waals surface area contributed by atoms with Crippen molar-refractivity contribution in [1.29, 1.82) is 0 Å². The summed E-state index contributed by atoms with van der Waals surface area (Å²) in [5, 5.41) is 21.5. The van der Waals surface area contributed by atoms with Gasteiger partial charge in [0, 0.05) is 5.56 Å². The summed E-state index contributed by atoms with van der Waals surface area (Å²) in [6.07, 6.45) is -0.869. The first-order valence-corrected chi connectivity index (χ1v) is 5.63. The van der Waals surface area contributed by atoms with E-state index in [1.165, 1.54) is 11.1 Å². The summed E-state index contributed by atoms with van der Waals surface area (Å²) in [6, 6.07) is 5.51. The van der Waals surface area contributed by atoms with Gasteiger partial charge in [0.2, 0.25) is 0 Å². The van der Waals surface area contributed by atoms with E-state index in [2.05, 4.69) is 17.2 Å². The molecule has 0 aromatic heterocycles. The molecule has 0 spiro atoms.